The fourth-order valence-corrected chi connectivity index (χ4v) is 0.745. The molecule has 2 N–H and O–H groups in total. The minimum Gasteiger partial charge on any atom is -0.464 e. The van der Waals surface area contributed by atoms with E-state index in [-0.39, 0.29) is 12.3 Å². The van der Waals surface area contributed by atoms with Crippen LogP contribution in [0.3, 0.4) is 0 Å². The average Bonchev–Trinajstić information content (AvgIpc) is 2.11. The van der Waals surface area contributed by atoms with Crippen molar-refractivity contribution in [2.75, 3.05) is 6.54 Å². The summed E-state index contributed by atoms with van der Waals surface area (Å²) in [6.07, 6.45) is 0.813. The van der Waals surface area contributed by atoms with Gasteiger partial charge in [-0.15, -0.1) is 0 Å². The van der Waals surface area contributed by atoms with Crippen LogP contribution in [0.4, 0.5) is 4.79 Å². The van der Waals surface area contributed by atoms with Crippen LogP contribution < -0.4 is 5.43 Å². The van der Waals surface area contributed by atoms with E-state index in [1.807, 2.05) is 6.92 Å². The van der Waals surface area contributed by atoms with Gasteiger partial charge in [0, 0.05) is 13.0 Å². The molecule has 76 valence electrons. The molecule has 0 spiro atoms. The molecule has 0 saturated carbocycles. The van der Waals surface area contributed by atoms with Gasteiger partial charge in [0.2, 0.25) is 5.91 Å². The summed E-state index contributed by atoms with van der Waals surface area (Å²) >= 11 is 0. The molecule has 0 aliphatic carbocycles. The number of amides is 2. The highest BCUT2D eigenvalue weighted by atomic mass is 16.4. The molecular weight excluding hydrogens is 172 g/mol. The first-order valence-electron chi connectivity index (χ1n) is 4.41. The molecule has 0 heterocycles. The summed E-state index contributed by atoms with van der Waals surface area (Å²) in [4.78, 5) is 21.4. The van der Waals surface area contributed by atoms with E-state index in [1.54, 1.807) is 6.92 Å². The first kappa shape index (κ1) is 11.7. The third-order valence-electron chi connectivity index (χ3n) is 1.55. The summed E-state index contributed by atoms with van der Waals surface area (Å²) in [5, 5.41) is 9.58. The van der Waals surface area contributed by atoms with Gasteiger partial charge in [0.1, 0.15) is 0 Å². The highest BCUT2D eigenvalue weighted by Crippen LogP contribution is 1.92. The predicted octanol–water partition coefficient (Wildman–Crippen LogP) is 1.21. The second-order valence-electron chi connectivity index (χ2n) is 2.68. The minimum atomic E-state index is -1.12. The zero-order valence-electron chi connectivity index (χ0n) is 8.04. The van der Waals surface area contributed by atoms with Gasteiger partial charge in [-0.25, -0.2) is 9.80 Å². The number of hydrogen-bond acceptors (Lipinski definition) is 2. The van der Waals surface area contributed by atoms with Crippen LogP contribution in [0.2, 0.25) is 0 Å². The fourth-order valence-electron chi connectivity index (χ4n) is 0.745. The molecule has 0 aromatic heterocycles. The topological polar surface area (TPSA) is 69.6 Å². The van der Waals surface area contributed by atoms with Gasteiger partial charge < -0.3 is 5.11 Å². The third kappa shape index (κ3) is 5.05. The Morgan fingerprint density at radius 3 is 2.38 bits per heavy atom. The van der Waals surface area contributed by atoms with Crippen molar-refractivity contribution in [1.29, 1.82) is 0 Å². The molecule has 0 aromatic rings. The molecule has 0 radical (unpaired) electrons. The maximum Gasteiger partial charge on any atom is 0.426 e. The van der Waals surface area contributed by atoms with E-state index in [2.05, 4.69) is 5.43 Å². The van der Waals surface area contributed by atoms with Crippen molar-refractivity contribution >= 4 is 12.0 Å². The standard InChI is InChI=1S/C8H16N2O3/c1-3-5-6-10(8(12)13)9-7(11)4-2/h3-6H2,1-2H3,(H,9,11)(H,12,13). The lowest BCUT2D eigenvalue weighted by atomic mass is 10.3. The third-order valence-corrected chi connectivity index (χ3v) is 1.55. The number of nitrogens with one attached hydrogen (secondary N) is 1. The number of carbonyl (C=O) groups is 2. The Labute approximate surface area is 77.7 Å². The van der Waals surface area contributed by atoms with E-state index < -0.39 is 6.09 Å². The van der Waals surface area contributed by atoms with Crippen molar-refractivity contribution in [2.24, 2.45) is 0 Å². The van der Waals surface area contributed by atoms with Crippen LogP contribution in [0.25, 0.3) is 0 Å². The zero-order valence-corrected chi connectivity index (χ0v) is 8.04. The Morgan fingerprint density at radius 1 is 1.38 bits per heavy atom. The average molecular weight is 188 g/mol. The number of rotatable bonds is 4. The SMILES string of the molecule is CCCCN(NC(=O)CC)C(=O)O. The number of hydrazine groups is 1. The molecule has 13 heavy (non-hydrogen) atoms. The lowest BCUT2D eigenvalue weighted by molar-refractivity contribution is -0.124. The van der Waals surface area contributed by atoms with Crippen LogP contribution >= 0.6 is 0 Å². The monoisotopic (exact) mass is 188 g/mol. The summed E-state index contributed by atoms with van der Waals surface area (Å²) in [7, 11) is 0. The van der Waals surface area contributed by atoms with Crippen LogP contribution in [-0.4, -0.2) is 28.7 Å². The Balaban J connectivity index is 3.94. The largest absolute Gasteiger partial charge is 0.464 e. The van der Waals surface area contributed by atoms with E-state index in [0.717, 1.165) is 17.9 Å². The lowest BCUT2D eigenvalue weighted by Crippen LogP contribution is -2.45. The Bertz CT molecular complexity index is 182. The van der Waals surface area contributed by atoms with Gasteiger partial charge >= 0.3 is 6.09 Å². The van der Waals surface area contributed by atoms with Crippen LogP contribution in [0.5, 0.6) is 0 Å². The van der Waals surface area contributed by atoms with Crippen LogP contribution in [0.1, 0.15) is 33.1 Å². The van der Waals surface area contributed by atoms with E-state index in [4.69, 9.17) is 5.11 Å². The lowest BCUT2D eigenvalue weighted by Gasteiger charge is -2.18. The number of carboxylic acid groups (broad SMARTS) is 1. The van der Waals surface area contributed by atoms with Gasteiger partial charge in [-0.05, 0) is 6.42 Å². The van der Waals surface area contributed by atoms with Crippen molar-refractivity contribution in [3.05, 3.63) is 0 Å². The molecule has 0 saturated heterocycles. The molecule has 0 aliphatic rings. The zero-order chi connectivity index (χ0) is 10.3. The smallest absolute Gasteiger partial charge is 0.426 e. The van der Waals surface area contributed by atoms with E-state index in [1.165, 1.54) is 0 Å². The molecule has 0 aromatic carbocycles. The molecule has 0 rings (SSSR count). The van der Waals surface area contributed by atoms with Crippen molar-refractivity contribution in [3.63, 3.8) is 0 Å². The number of carbonyl (C=O) groups excluding carboxylic acids is 1. The van der Waals surface area contributed by atoms with Crippen molar-refractivity contribution in [2.45, 2.75) is 33.1 Å². The Kier molecular flexibility index (Phi) is 5.67. The Morgan fingerprint density at radius 2 is 2.00 bits per heavy atom. The highest BCUT2D eigenvalue weighted by Gasteiger charge is 2.12. The molecular formula is C8H16N2O3. The highest BCUT2D eigenvalue weighted by molar-refractivity contribution is 5.78. The van der Waals surface area contributed by atoms with Gasteiger partial charge in [0.25, 0.3) is 0 Å². The molecule has 0 fully saturated rings. The van der Waals surface area contributed by atoms with Crippen molar-refractivity contribution in [3.8, 4) is 0 Å². The summed E-state index contributed by atoms with van der Waals surface area (Å²) in [6.45, 7) is 3.98. The first-order valence-corrected chi connectivity index (χ1v) is 4.41. The van der Waals surface area contributed by atoms with Gasteiger partial charge in [-0.2, -0.15) is 0 Å². The predicted molar refractivity (Wildman–Crippen MR) is 48.1 cm³/mol. The number of nitrogens with zero attached hydrogens (tertiary/aromatic N) is 1. The van der Waals surface area contributed by atoms with Crippen LogP contribution in [0, 0.1) is 0 Å². The van der Waals surface area contributed by atoms with Crippen molar-refractivity contribution < 1.29 is 14.7 Å². The summed E-state index contributed by atoms with van der Waals surface area (Å²) < 4.78 is 0. The second kappa shape index (κ2) is 6.28. The molecule has 0 bridgehead atoms. The molecule has 5 nitrogen and oxygen atoms in total. The quantitative estimate of drug-likeness (QED) is 0.651. The van der Waals surface area contributed by atoms with E-state index in [0.29, 0.717) is 6.54 Å². The maximum atomic E-state index is 10.9. The van der Waals surface area contributed by atoms with Crippen LogP contribution in [-0.2, 0) is 4.79 Å². The number of hydrogen-bond donors (Lipinski definition) is 2. The molecule has 0 unspecified atom stereocenters. The van der Waals surface area contributed by atoms with Gasteiger partial charge in [-0.3, -0.25) is 10.2 Å². The van der Waals surface area contributed by atoms with Gasteiger partial charge in [0.15, 0.2) is 0 Å². The molecule has 2 amide bonds. The van der Waals surface area contributed by atoms with E-state index in [9.17, 15) is 9.59 Å². The normalized spacial score (nSPS) is 9.38. The molecule has 0 atom stereocenters. The number of unbranched alkanes of at least 4 members (excludes halogenated alkanes) is 1. The summed E-state index contributed by atoms with van der Waals surface area (Å²) in [6, 6.07) is 0. The minimum absolute atomic E-state index is 0.279. The first-order chi connectivity index (χ1) is 6.11. The Hall–Kier alpha value is -1.26. The summed E-state index contributed by atoms with van der Waals surface area (Å²) in [5.41, 5.74) is 2.30. The van der Waals surface area contributed by atoms with E-state index >= 15 is 0 Å². The maximum absolute atomic E-state index is 10.9. The fraction of sp³-hybridized carbons (Fsp3) is 0.750. The van der Waals surface area contributed by atoms with Crippen molar-refractivity contribution in [1.82, 2.24) is 10.4 Å². The molecule has 0 aliphatic heterocycles. The van der Waals surface area contributed by atoms with Crippen LogP contribution in [0.15, 0.2) is 0 Å². The van der Waals surface area contributed by atoms with Gasteiger partial charge in [0.05, 0.1) is 0 Å². The van der Waals surface area contributed by atoms with Gasteiger partial charge in [-0.1, -0.05) is 20.3 Å². The molecule has 5 heteroatoms. The second-order valence-corrected chi connectivity index (χ2v) is 2.68. The summed E-state index contributed by atoms with van der Waals surface area (Å²) in [5.74, 6) is -0.279.